The van der Waals surface area contributed by atoms with Gasteiger partial charge in [0.2, 0.25) is 0 Å². The summed E-state index contributed by atoms with van der Waals surface area (Å²) in [5.74, 6) is -0.370. The number of aromatic nitrogens is 1. The third-order valence-corrected chi connectivity index (χ3v) is 2.84. The number of benzene rings is 1. The summed E-state index contributed by atoms with van der Waals surface area (Å²) in [4.78, 5) is 3.77. The smallest absolute Gasteiger partial charge is 0.141 e. The van der Waals surface area contributed by atoms with Crippen molar-refractivity contribution < 1.29 is 4.39 Å². The lowest BCUT2D eigenvalue weighted by Gasteiger charge is -2.08. The molecule has 0 aliphatic rings. The number of hydrogen-bond donors (Lipinski definition) is 1. The molecule has 1 aromatic carbocycles. The van der Waals surface area contributed by atoms with Gasteiger partial charge in [-0.05, 0) is 29.8 Å². The van der Waals surface area contributed by atoms with Crippen LogP contribution in [-0.4, -0.2) is 4.98 Å². The summed E-state index contributed by atoms with van der Waals surface area (Å²) in [6.07, 6.45) is 2.74. The topological polar surface area (TPSA) is 48.7 Å². The van der Waals surface area contributed by atoms with E-state index in [1.54, 1.807) is 18.3 Å². The van der Waals surface area contributed by atoms with E-state index < -0.39 is 0 Å². The molecule has 18 heavy (non-hydrogen) atoms. The van der Waals surface area contributed by atoms with Gasteiger partial charge in [0, 0.05) is 17.2 Å². The first-order valence-corrected chi connectivity index (χ1v) is 6.01. The summed E-state index contributed by atoms with van der Waals surface area (Å²) in [7, 11) is 0. The Kier molecular flexibility index (Phi) is 3.90. The second-order valence-electron chi connectivity index (χ2n) is 3.67. The van der Waals surface area contributed by atoms with Gasteiger partial charge in [0.1, 0.15) is 11.9 Å². The number of nitrogens with zero attached hydrogens (tertiary/aromatic N) is 2. The van der Waals surface area contributed by atoms with Crippen LogP contribution in [0.15, 0.2) is 41.1 Å². The van der Waals surface area contributed by atoms with E-state index in [-0.39, 0.29) is 5.82 Å². The molecule has 0 aliphatic carbocycles. The highest BCUT2D eigenvalue weighted by Crippen LogP contribution is 2.20. The standard InChI is InChI=1S/C13H9BrFN3/c14-11-1-2-13(10(4-11)5-16)18-7-9-3-12(15)8-17-6-9/h1-4,6,8,18H,7H2. The number of pyridine rings is 1. The van der Waals surface area contributed by atoms with Crippen LogP contribution in [0.3, 0.4) is 0 Å². The van der Waals surface area contributed by atoms with Crippen LogP contribution in [0.2, 0.25) is 0 Å². The predicted octanol–water partition coefficient (Wildman–Crippen LogP) is 3.47. The van der Waals surface area contributed by atoms with Crippen molar-refractivity contribution in [3.8, 4) is 6.07 Å². The van der Waals surface area contributed by atoms with Gasteiger partial charge in [0.05, 0.1) is 17.4 Å². The van der Waals surface area contributed by atoms with Gasteiger partial charge in [-0.1, -0.05) is 15.9 Å². The third kappa shape index (κ3) is 3.05. The molecule has 0 amide bonds. The van der Waals surface area contributed by atoms with Crippen molar-refractivity contribution in [3.05, 3.63) is 58.1 Å². The molecular weight excluding hydrogens is 297 g/mol. The maximum atomic E-state index is 12.9. The minimum Gasteiger partial charge on any atom is -0.380 e. The summed E-state index contributed by atoms with van der Waals surface area (Å²) in [5.41, 5.74) is 1.97. The molecule has 1 aromatic heterocycles. The highest BCUT2D eigenvalue weighted by atomic mass is 79.9. The molecule has 0 bridgehead atoms. The van der Waals surface area contributed by atoms with Gasteiger partial charge < -0.3 is 5.32 Å². The highest BCUT2D eigenvalue weighted by molar-refractivity contribution is 9.10. The molecule has 1 N–H and O–H groups in total. The van der Waals surface area contributed by atoms with Crippen molar-refractivity contribution >= 4 is 21.6 Å². The zero-order valence-electron chi connectivity index (χ0n) is 9.32. The molecule has 2 aromatic rings. The fourth-order valence-electron chi connectivity index (χ4n) is 1.51. The summed E-state index contributed by atoms with van der Waals surface area (Å²) in [6.45, 7) is 0.418. The van der Waals surface area contributed by atoms with Gasteiger partial charge in [0.15, 0.2) is 0 Å². The lowest BCUT2D eigenvalue weighted by Crippen LogP contribution is -2.02. The van der Waals surface area contributed by atoms with E-state index in [9.17, 15) is 4.39 Å². The van der Waals surface area contributed by atoms with Crippen molar-refractivity contribution in [2.24, 2.45) is 0 Å². The van der Waals surface area contributed by atoms with Gasteiger partial charge >= 0.3 is 0 Å². The van der Waals surface area contributed by atoms with Crippen molar-refractivity contribution in [1.82, 2.24) is 4.98 Å². The highest BCUT2D eigenvalue weighted by Gasteiger charge is 2.03. The molecule has 0 aliphatic heterocycles. The molecular formula is C13H9BrFN3. The average Bonchev–Trinajstić information content (AvgIpc) is 2.37. The summed E-state index contributed by atoms with van der Waals surface area (Å²) in [6, 6.07) is 8.88. The SMILES string of the molecule is N#Cc1cc(Br)ccc1NCc1cncc(F)c1. The molecule has 0 saturated heterocycles. The fraction of sp³-hybridized carbons (Fsp3) is 0.0769. The minimum atomic E-state index is -0.370. The van der Waals surface area contributed by atoms with Crippen molar-refractivity contribution in [3.63, 3.8) is 0 Å². The number of anilines is 1. The van der Waals surface area contributed by atoms with Crippen LogP contribution in [0.25, 0.3) is 0 Å². The Morgan fingerprint density at radius 3 is 2.89 bits per heavy atom. The maximum absolute atomic E-state index is 12.9. The molecule has 0 unspecified atom stereocenters. The zero-order valence-corrected chi connectivity index (χ0v) is 10.9. The van der Waals surface area contributed by atoms with E-state index in [4.69, 9.17) is 5.26 Å². The van der Waals surface area contributed by atoms with Crippen LogP contribution in [0, 0.1) is 17.1 Å². The first-order valence-electron chi connectivity index (χ1n) is 5.22. The molecule has 0 spiro atoms. The van der Waals surface area contributed by atoms with Crippen LogP contribution < -0.4 is 5.32 Å². The van der Waals surface area contributed by atoms with Crippen molar-refractivity contribution in [2.75, 3.05) is 5.32 Å². The van der Waals surface area contributed by atoms with Crippen LogP contribution in [0.1, 0.15) is 11.1 Å². The Balaban J connectivity index is 2.14. The van der Waals surface area contributed by atoms with E-state index >= 15 is 0 Å². The molecule has 0 saturated carbocycles. The molecule has 0 fully saturated rings. The second kappa shape index (κ2) is 5.61. The van der Waals surface area contributed by atoms with Crippen LogP contribution >= 0.6 is 15.9 Å². The van der Waals surface area contributed by atoms with E-state index in [1.165, 1.54) is 6.07 Å². The lowest BCUT2D eigenvalue weighted by molar-refractivity contribution is 0.619. The molecule has 3 nitrogen and oxygen atoms in total. The largest absolute Gasteiger partial charge is 0.380 e. The van der Waals surface area contributed by atoms with E-state index in [2.05, 4.69) is 32.3 Å². The van der Waals surface area contributed by atoms with E-state index in [0.29, 0.717) is 17.8 Å². The Bertz CT molecular complexity index is 607. The van der Waals surface area contributed by atoms with Gasteiger partial charge in [-0.2, -0.15) is 5.26 Å². The first kappa shape index (κ1) is 12.5. The molecule has 2 rings (SSSR count). The van der Waals surface area contributed by atoms with Gasteiger partial charge in [-0.3, -0.25) is 4.98 Å². The zero-order chi connectivity index (χ0) is 13.0. The fourth-order valence-corrected chi connectivity index (χ4v) is 1.87. The summed E-state index contributed by atoms with van der Waals surface area (Å²) >= 11 is 3.30. The Morgan fingerprint density at radius 1 is 1.33 bits per heavy atom. The summed E-state index contributed by atoms with van der Waals surface area (Å²) in [5, 5.41) is 12.1. The Hall–Kier alpha value is -1.93. The molecule has 90 valence electrons. The summed E-state index contributed by atoms with van der Waals surface area (Å²) < 4.78 is 13.8. The van der Waals surface area contributed by atoms with Crippen molar-refractivity contribution in [2.45, 2.75) is 6.54 Å². The quantitative estimate of drug-likeness (QED) is 0.944. The second-order valence-corrected chi connectivity index (χ2v) is 4.58. The number of nitriles is 1. The van der Waals surface area contributed by atoms with Crippen LogP contribution in [0.4, 0.5) is 10.1 Å². The first-order chi connectivity index (χ1) is 8.69. The van der Waals surface area contributed by atoms with E-state index in [0.717, 1.165) is 16.2 Å². The normalized spacial score (nSPS) is 9.83. The number of hydrogen-bond acceptors (Lipinski definition) is 3. The molecule has 5 heteroatoms. The van der Waals surface area contributed by atoms with Crippen molar-refractivity contribution in [1.29, 1.82) is 5.26 Å². The van der Waals surface area contributed by atoms with Crippen LogP contribution in [-0.2, 0) is 6.54 Å². The van der Waals surface area contributed by atoms with Crippen LogP contribution in [0.5, 0.6) is 0 Å². The minimum absolute atomic E-state index is 0.370. The molecule has 0 atom stereocenters. The average molecular weight is 306 g/mol. The van der Waals surface area contributed by atoms with Gasteiger partial charge in [-0.25, -0.2) is 4.39 Å². The monoisotopic (exact) mass is 305 g/mol. The molecule has 0 radical (unpaired) electrons. The van der Waals surface area contributed by atoms with E-state index in [1.807, 2.05) is 6.07 Å². The van der Waals surface area contributed by atoms with Gasteiger partial charge in [-0.15, -0.1) is 0 Å². The lowest BCUT2D eigenvalue weighted by atomic mass is 10.2. The third-order valence-electron chi connectivity index (χ3n) is 2.35. The maximum Gasteiger partial charge on any atom is 0.141 e. The van der Waals surface area contributed by atoms with Gasteiger partial charge in [0.25, 0.3) is 0 Å². The molecule has 1 heterocycles. The Morgan fingerprint density at radius 2 is 2.17 bits per heavy atom. The number of nitrogens with one attached hydrogen (secondary N) is 1. The Labute approximate surface area is 112 Å². The predicted molar refractivity (Wildman–Crippen MR) is 70.4 cm³/mol. The number of rotatable bonds is 3. The number of halogens is 2.